The molecule has 0 saturated carbocycles. The lowest BCUT2D eigenvalue weighted by Crippen LogP contribution is -2.55. The minimum absolute atomic E-state index is 0.178. The number of carbonyl (C=O) groups excluding carboxylic acids is 2. The van der Waals surface area contributed by atoms with Crippen LogP contribution in [0.4, 0.5) is 4.79 Å². The Morgan fingerprint density at radius 3 is 2.83 bits per heavy atom. The number of nitrogens with zero attached hydrogens (tertiary/aromatic N) is 1. The fourth-order valence-corrected chi connectivity index (χ4v) is 3.25. The summed E-state index contributed by atoms with van der Waals surface area (Å²) in [5.41, 5.74) is 0.191. The second kappa shape index (κ2) is 6.44. The van der Waals surface area contributed by atoms with Gasteiger partial charge < -0.3 is 14.4 Å². The summed E-state index contributed by atoms with van der Waals surface area (Å²) in [6.07, 6.45) is 5.58. The van der Waals surface area contributed by atoms with Crippen molar-refractivity contribution in [3.05, 3.63) is 48.0 Å². The first-order valence-electron chi connectivity index (χ1n) is 7.98. The van der Waals surface area contributed by atoms with Crippen LogP contribution in [0, 0.1) is 0 Å². The van der Waals surface area contributed by atoms with Crippen LogP contribution in [0.3, 0.4) is 0 Å². The fourth-order valence-electron chi connectivity index (χ4n) is 3.25. The summed E-state index contributed by atoms with van der Waals surface area (Å²) < 4.78 is 10.9. The van der Waals surface area contributed by atoms with Gasteiger partial charge in [-0.1, -0.05) is 30.3 Å². The van der Waals surface area contributed by atoms with Gasteiger partial charge in [0.05, 0.1) is 6.04 Å². The van der Waals surface area contributed by atoms with Gasteiger partial charge in [-0.2, -0.15) is 0 Å². The predicted octanol–water partition coefficient (Wildman–Crippen LogP) is 3.05. The van der Waals surface area contributed by atoms with E-state index in [9.17, 15) is 9.59 Å². The summed E-state index contributed by atoms with van der Waals surface area (Å²) in [7, 11) is 0. The number of benzene rings is 1. The number of cyclic esters (lactones) is 1. The van der Waals surface area contributed by atoms with Gasteiger partial charge in [-0.15, -0.1) is 0 Å². The zero-order chi connectivity index (χ0) is 16.3. The third kappa shape index (κ3) is 3.38. The first kappa shape index (κ1) is 15.6. The molecule has 5 nitrogen and oxygen atoms in total. The first-order valence-corrected chi connectivity index (χ1v) is 7.98. The number of rotatable bonds is 3. The molecule has 2 aliphatic heterocycles. The molecule has 0 aliphatic carbocycles. The van der Waals surface area contributed by atoms with E-state index < -0.39 is 5.60 Å². The number of hydrogen-bond donors (Lipinski definition) is 0. The van der Waals surface area contributed by atoms with Crippen molar-refractivity contribution in [2.45, 2.75) is 44.4 Å². The molecule has 0 unspecified atom stereocenters. The van der Waals surface area contributed by atoms with Gasteiger partial charge in [0, 0.05) is 12.6 Å². The van der Waals surface area contributed by atoms with Crippen molar-refractivity contribution in [2.24, 2.45) is 0 Å². The van der Waals surface area contributed by atoms with Crippen LogP contribution in [-0.4, -0.2) is 35.2 Å². The molecule has 1 amide bonds. The molecule has 2 aliphatic rings. The van der Waals surface area contributed by atoms with Gasteiger partial charge in [0.2, 0.25) is 0 Å². The lowest BCUT2D eigenvalue weighted by atomic mass is 9.88. The van der Waals surface area contributed by atoms with Crippen LogP contribution in [0.1, 0.15) is 31.7 Å². The summed E-state index contributed by atoms with van der Waals surface area (Å²) in [6, 6.07) is 9.41. The molecule has 2 heterocycles. The summed E-state index contributed by atoms with van der Waals surface area (Å²) in [5, 5.41) is 0. The van der Waals surface area contributed by atoms with Gasteiger partial charge in [0.1, 0.15) is 12.2 Å². The van der Waals surface area contributed by atoms with Crippen LogP contribution >= 0.6 is 0 Å². The topological polar surface area (TPSA) is 55.8 Å². The molecule has 122 valence electrons. The Labute approximate surface area is 135 Å². The Hall–Kier alpha value is -2.30. The van der Waals surface area contributed by atoms with E-state index in [0.717, 1.165) is 24.8 Å². The maximum Gasteiger partial charge on any atom is 0.410 e. The Morgan fingerprint density at radius 1 is 1.35 bits per heavy atom. The van der Waals surface area contributed by atoms with Gasteiger partial charge in [-0.05, 0) is 37.8 Å². The molecule has 1 fully saturated rings. The molecule has 5 heteroatoms. The monoisotopic (exact) mass is 315 g/mol. The molecule has 23 heavy (non-hydrogen) atoms. The van der Waals surface area contributed by atoms with Crippen LogP contribution in [0.15, 0.2) is 42.5 Å². The van der Waals surface area contributed by atoms with Gasteiger partial charge >= 0.3 is 12.1 Å². The van der Waals surface area contributed by atoms with Gasteiger partial charge in [0.25, 0.3) is 0 Å². The minimum atomic E-state index is -0.761. The Morgan fingerprint density at radius 2 is 2.13 bits per heavy atom. The number of ether oxygens (including phenoxy) is 2. The second-order valence-electron chi connectivity index (χ2n) is 6.18. The van der Waals surface area contributed by atoms with Crippen molar-refractivity contribution in [1.82, 2.24) is 4.90 Å². The molecule has 0 N–H and O–H groups in total. The SMILES string of the molecule is C[C@]1([C@H]2CCCCN2C(=O)OCc2ccccc2)C=CC(=O)O1. The molecular weight excluding hydrogens is 294 g/mol. The lowest BCUT2D eigenvalue weighted by Gasteiger charge is -2.42. The van der Waals surface area contributed by atoms with E-state index in [1.54, 1.807) is 11.0 Å². The highest BCUT2D eigenvalue weighted by atomic mass is 16.6. The van der Waals surface area contributed by atoms with Crippen LogP contribution < -0.4 is 0 Å². The quantitative estimate of drug-likeness (QED) is 0.805. The van der Waals surface area contributed by atoms with E-state index in [2.05, 4.69) is 0 Å². The summed E-state index contributed by atoms with van der Waals surface area (Å²) >= 11 is 0. The lowest BCUT2D eigenvalue weighted by molar-refractivity contribution is -0.150. The van der Waals surface area contributed by atoms with Crippen molar-refractivity contribution in [1.29, 1.82) is 0 Å². The van der Waals surface area contributed by atoms with E-state index in [0.29, 0.717) is 6.54 Å². The van der Waals surface area contributed by atoms with E-state index in [-0.39, 0.29) is 24.7 Å². The smallest absolute Gasteiger partial charge is 0.410 e. The van der Waals surface area contributed by atoms with Crippen LogP contribution in [0.5, 0.6) is 0 Å². The molecule has 0 aromatic heterocycles. The normalized spacial score (nSPS) is 26.9. The molecule has 0 radical (unpaired) electrons. The Balaban J connectivity index is 1.67. The second-order valence-corrected chi connectivity index (χ2v) is 6.18. The van der Waals surface area contributed by atoms with Gasteiger partial charge in [-0.3, -0.25) is 0 Å². The van der Waals surface area contributed by atoms with E-state index in [4.69, 9.17) is 9.47 Å². The van der Waals surface area contributed by atoms with Gasteiger partial charge in [-0.25, -0.2) is 9.59 Å². The highest BCUT2D eigenvalue weighted by Gasteiger charge is 2.45. The minimum Gasteiger partial charge on any atom is -0.450 e. The molecule has 1 aromatic carbocycles. The molecule has 3 rings (SSSR count). The van der Waals surface area contributed by atoms with Crippen LogP contribution in [0.2, 0.25) is 0 Å². The summed E-state index contributed by atoms with van der Waals surface area (Å²) in [5.74, 6) is -0.351. The average molecular weight is 315 g/mol. The third-order valence-electron chi connectivity index (χ3n) is 4.47. The standard InChI is InChI=1S/C18H21NO4/c1-18(11-10-16(20)23-18)15-9-5-6-12-19(15)17(21)22-13-14-7-3-2-4-8-14/h2-4,7-8,10-11,15H,5-6,9,12-13H2,1H3/t15-,18-/m1/s1. The molecule has 0 spiro atoms. The molecular formula is C18H21NO4. The number of esters is 1. The van der Waals surface area contributed by atoms with E-state index in [1.807, 2.05) is 37.3 Å². The fraction of sp³-hybridized carbons (Fsp3) is 0.444. The maximum atomic E-state index is 12.5. The van der Waals surface area contributed by atoms with Crippen molar-refractivity contribution < 1.29 is 19.1 Å². The van der Waals surface area contributed by atoms with Crippen molar-refractivity contribution >= 4 is 12.1 Å². The number of carbonyl (C=O) groups is 2. The number of amides is 1. The highest BCUT2D eigenvalue weighted by molar-refractivity contribution is 5.85. The Bertz CT molecular complexity index is 613. The van der Waals surface area contributed by atoms with Crippen molar-refractivity contribution in [3.63, 3.8) is 0 Å². The van der Waals surface area contributed by atoms with Crippen LogP contribution in [-0.2, 0) is 20.9 Å². The van der Waals surface area contributed by atoms with Gasteiger partial charge in [0.15, 0.2) is 0 Å². The zero-order valence-corrected chi connectivity index (χ0v) is 13.2. The number of hydrogen-bond acceptors (Lipinski definition) is 4. The molecule has 0 bridgehead atoms. The third-order valence-corrected chi connectivity index (χ3v) is 4.47. The number of piperidine rings is 1. The average Bonchev–Trinajstić information content (AvgIpc) is 2.94. The highest BCUT2D eigenvalue weighted by Crippen LogP contribution is 2.33. The zero-order valence-electron chi connectivity index (χ0n) is 13.2. The van der Waals surface area contributed by atoms with Crippen molar-refractivity contribution in [3.8, 4) is 0 Å². The summed E-state index contributed by atoms with van der Waals surface area (Å²) in [6.45, 7) is 2.72. The first-order chi connectivity index (χ1) is 11.1. The number of likely N-dealkylation sites (tertiary alicyclic amines) is 1. The molecule has 2 atom stereocenters. The summed E-state index contributed by atoms with van der Waals surface area (Å²) in [4.78, 5) is 25.7. The Kier molecular flexibility index (Phi) is 4.37. The maximum absolute atomic E-state index is 12.5. The molecule has 1 saturated heterocycles. The predicted molar refractivity (Wildman–Crippen MR) is 84.6 cm³/mol. The largest absolute Gasteiger partial charge is 0.450 e. The van der Waals surface area contributed by atoms with Crippen LogP contribution in [0.25, 0.3) is 0 Å². The molecule has 1 aromatic rings. The van der Waals surface area contributed by atoms with E-state index in [1.165, 1.54) is 6.08 Å². The van der Waals surface area contributed by atoms with E-state index >= 15 is 0 Å². The van der Waals surface area contributed by atoms with Crippen molar-refractivity contribution in [2.75, 3.05) is 6.54 Å².